The molecular formula is C17H34N4O5. The van der Waals surface area contributed by atoms with E-state index in [9.17, 15) is 19.5 Å². The normalized spacial score (nSPS) is 13.0. The average Bonchev–Trinajstić information content (AvgIpc) is 2.43. The largest absolute Gasteiger partial charge is 0.465 e. The van der Waals surface area contributed by atoms with Crippen LogP contribution in [0.5, 0.6) is 0 Å². The van der Waals surface area contributed by atoms with Gasteiger partial charge in [-0.15, -0.1) is 0 Å². The summed E-state index contributed by atoms with van der Waals surface area (Å²) in [4.78, 5) is 36.3. The highest BCUT2D eigenvalue weighted by atomic mass is 16.6. The van der Waals surface area contributed by atoms with Gasteiger partial charge in [0.25, 0.3) is 0 Å². The Bertz CT molecular complexity index is 488. The van der Waals surface area contributed by atoms with Gasteiger partial charge in [-0.3, -0.25) is 4.79 Å². The molecule has 1 atom stereocenters. The minimum Gasteiger partial charge on any atom is -0.465 e. The summed E-state index contributed by atoms with van der Waals surface area (Å²) < 4.78 is 5.13. The number of amides is 3. The van der Waals surface area contributed by atoms with Gasteiger partial charge in [-0.1, -0.05) is 0 Å². The van der Waals surface area contributed by atoms with Crippen LogP contribution >= 0.6 is 0 Å². The van der Waals surface area contributed by atoms with E-state index in [4.69, 9.17) is 16.2 Å². The minimum absolute atomic E-state index is 0.203. The molecule has 9 nitrogen and oxygen atoms in total. The number of alkyl carbamates (subject to hydrolysis) is 1. The van der Waals surface area contributed by atoms with Crippen LogP contribution in [0.25, 0.3) is 0 Å². The monoisotopic (exact) mass is 374 g/mol. The molecule has 0 spiro atoms. The fraction of sp³-hybridized carbons (Fsp3) is 0.824. The second-order valence-corrected chi connectivity index (χ2v) is 7.91. The molecule has 0 aliphatic rings. The van der Waals surface area contributed by atoms with Crippen molar-refractivity contribution in [2.75, 3.05) is 19.6 Å². The van der Waals surface area contributed by atoms with E-state index >= 15 is 0 Å². The van der Waals surface area contributed by atoms with Crippen LogP contribution in [-0.2, 0) is 9.53 Å². The standard InChI is InChI=1S/C17H34N4O5/c1-16(2,3)26-14(23)20-9-7-12(13(19)22)11-17(4,5)21(15(24)25)10-6-8-18/h12H,6-11,18H2,1-5H3,(H2,19,22)(H,20,23)(H,24,25)/t12-/m0/s1. The van der Waals surface area contributed by atoms with Crippen LogP contribution in [0.1, 0.15) is 53.9 Å². The molecule has 9 heteroatoms. The van der Waals surface area contributed by atoms with Crippen molar-refractivity contribution in [1.82, 2.24) is 10.2 Å². The molecule has 0 aromatic heterocycles. The number of hydrogen-bond acceptors (Lipinski definition) is 5. The fourth-order valence-corrected chi connectivity index (χ4v) is 2.63. The van der Waals surface area contributed by atoms with Gasteiger partial charge in [0.1, 0.15) is 5.60 Å². The number of carbonyl (C=O) groups is 3. The first-order valence-corrected chi connectivity index (χ1v) is 8.77. The Morgan fingerprint density at radius 3 is 2.19 bits per heavy atom. The zero-order valence-corrected chi connectivity index (χ0v) is 16.5. The molecule has 0 aromatic rings. The topological polar surface area (TPSA) is 148 Å². The summed E-state index contributed by atoms with van der Waals surface area (Å²) in [5.41, 5.74) is 9.52. The molecule has 0 saturated carbocycles. The van der Waals surface area contributed by atoms with E-state index in [-0.39, 0.29) is 19.5 Å². The lowest BCUT2D eigenvalue weighted by Gasteiger charge is -2.38. The third kappa shape index (κ3) is 9.45. The molecule has 0 fully saturated rings. The Morgan fingerprint density at radius 2 is 1.77 bits per heavy atom. The van der Waals surface area contributed by atoms with E-state index in [2.05, 4.69) is 5.32 Å². The summed E-state index contributed by atoms with van der Waals surface area (Å²) in [7, 11) is 0. The predicted octanol–water partition coefficient (Wildman–Crippen LogP) is 1.50. The van der Waals surface area contributed by atoms with Crippen molar-refractivity contribution in [1.29, 1.82) is 0 Å². The van der Waals surface area contributed by atoms with E-state index in [0.717, 1.165) is 0 Å². The smallest absolute Gasteiger partial charge is 0.407 e. The van der Waals surface area contributed by atoms with Gasteiger partial charge >= 0.3 is 12.2 Å². The number of rotatable bonds is 10. The van der Waals surface area contributed by atoms with Crippen molar-refractivity contribution in [2.45, 2.75) is 65.0 Å². The van der Waals surface area contributed by atoms with Gasteiger partial charge in [0.15, 0.2) is 0 Å². The van der Waals surface area contributed by atoms with Gasteiger partial charge in [-0.2, -0.15) is 0 Å². The maximum absolute atomic E-state index is 11.8. The Morgan fingerprint density at radius 1 is 1.19 bits per heavy atom. The lowest BCUT2D eigenvalue weighted by atomic mass is 9.86. The second kappa shape index (κ2) is 10.2. The molecule has 0 rings (SSSR count). The first kappa shape index (κ1) is 24.0. The Kier molecular flexibility index (Phi) is 9.40. The van der Waals surface area contributed by atoms with Gasteiger partial charge in [0.2, 0.25) is 5.91 Å². The first-order chi connectivity index (χ1) is 11.8. The van der Waals surface area contributed by atoms with Gasteiger partial charge in [-0.05, 0) is 60.4 Å². The highest BCUT2D eigenvalue weighted by molar-refractivity contribution is 5.77. The molecule has 3 amide bonds. The van der Waals surface area contributed by atoms with Crippen molar-refractivity contribution in [3.05, 3.63) is 0 Å². The number of carboxylic acid groups (broad SMARTS) is 1. The number of primary amides is 1. The molecule has 0 bridgehead atoms. The zero-order valence-electron chi connectivity index (χ0n) is 16.5. The van der Waals surface area contributed by atoms with Crippen molar-refractivity contribution in [3.63, 3.8) is 0 Å². The van der Waals surface area contributed by atoms with Gasteiger partial charge < -0.3 is 31.5 Å². The number of carbonyl (C=O) groups excluding carboxylic acids is 2. The fourth-order valence-electron chi connectivity index (χ4n) is 2.63. The number of ether oxygens (including phenoxy) is 1. The molecule has 0 saturated heterocycles. The molecule has 0 unspecified atom stereocenters. The molecule has 0 heterocycles. The average molecular weight is 374 g/mol. The third-order valence-electron chi connectivity index (χ3n) is 3.86. The third-order valence-corrected chi connectivity index (χ3v) is 3.86. The maximum atomic E-state index is 11.8. The second-order valence-electron chi connectivity index (χ2n) is 7.91. The SMILES string of the molecule is CC(C)(C)OC(=O)NCC[C@@H](CC(C)(C)N(CCCN)C(=O)O)C(N)=O. The van der Waals surface area contributed by atoms with Crippen LogP contribution in [0.2, 0.25) is 0 Å². The van der Waals surface area contributed by atoms with Crippen molar-refractivity contribution >= 4 is 18.1 Å². The van der Waals surface area contributed by atoms with Crippen LogP contribution in [-0.4, -0.2) is 58.9 Å². The highest BCUT2D eigenvalue weighted by Gasteiger charge is 2.34. The van der Waals surface area contributed by atoms with Crippen LogP contribution in [0, 0.1) is 5.92 Å². The van der Waals surface area contributed by atoms with E-state index in [1.54, 1.807) is 34.6 Å². The molecule has 0 aliphatic carbocycles. The van der Waals surface area contributed by atoms with Crippen LogP contribution in [0.15, 0.2) is 0 Å². The van der Waals surface area contributed by atoms with Crippen molar-refractivity contribution in [3.8, 4) is 0 Å². The Balaban J connectivity index is 4.81. The van der Waals surface area contributed by atoms with E-state index in [1.165, 1.54) is 4.90 Å². The lowest BCUT2D eigenvalue weighted by molar-refractivity contribution is -0.123. The number of nitrogens with zero attached hydrogens (tertiary/aromatic N) is 1. The molecule has 6 N–H and O–H groups in total. The zero-order chi connectivity index (χ0) is 20.5. The number of hydrogen-bond donors (Lipinski definition) is 4. The number of nitrogens with two attached hydrogens (primary N) is 2. The Hall–Kier alpha value is -2.03. The van der Waals surface area contributed by atoms with Gasteiger partial charge in [-0.25, -0.2) is 9.59 Å². The molecule has 0 aliphatic heterocycles. The molecular weight excluding hydrogens is 340 g/mol. The summed E-state index contributed by atoms with van der Waals surface area (Å²) in [6.45, 7) is 9.60. The lowest BCUT2D eigenvalue weighted by Crippen LogP contribution is -2.50. The summed E-state index contributed by atoms with van der Waals surface area (Å²) in [5.74, 6) is -1.12. The highest BCUT2D eigenvalue weighted by Crippen LogP contribution is 2.26. The van der Waals surface area contributed by atoms with Crippen LogP contribution < -0.4 is 16.8 Å². The van der Waals surface area contributed by atoms with E-state index < -0.39 is 35.2 Å². The number of nitrogens with one attached hydrogen (secondary N) is 1. The van der Waals surface area contributed by atoms with Gasteiger partial charge in [0, 0.05) is 24.5 Å². The first-order valence-electron chi connectivity index (χ1n) is 8.77. The predicted molar refractivity (Wildman–Crippen MR) is 98.6 cm³/mol. The molecule has 26 heavy (non-hydrogen) atoms. The summed E-state index contributed by atoms with van der Waals surface area (Å²) in [5, 5.41) is 12.0. The quantitative estimate of drug-likeness (QED) is 0.455. The van der Waals surface area contributed by atoms with Crippen LogP contribution in [0.3, 0.4) is 0 Å². The van der Waals surface area contributed by atoms with Crippen molar-refractivity contribution < 1.29 is 24.2 Å². The summed E-state index contributed by atoms with van der Waals surface area (Å²) in [6, 6.07) is 0. The summed E-state index contributed by atoms with van der Waals surface area (Å²) in [6.07, 6.45) is -0.581. The molecule has 0 radical (unpaired) electrons. The minimum atomic E-state index is -1.07. The molecule has 0 aromatic carbocycles. The molecule has 152 valence electrons. The van der Waals surface area contributed by atoms with Crippen molar-refractivity contribution in [2.24, 2.45) is 17.4 Å². The maximum Gasteiger partial charge on any atom is 0.407 e. The van der Waals surface area contributed by atoms with Gasteiger partial charge in [0.05, 0.1) is 0 Å². The van der Waals surface area contributed by atoms with Crippen LogP contribution in [0.4, 0.5) is 9.59 Å². The van der Waals surface area contributed by atoms with E-state index in [1.807, 2.05) is 0 Å². The Labute approximate surface area is 155 Å². The summed E-state index contributed by atoms with van der Waals surface area (Å²) >= 11 is 0. The van der Waals surface area contributed by atoms with E-state index in [0.29, 0.717) is 19.4 Å².